The van der Waals surface area contributed by atoms with Gasteiger partial charge in [-0.15, -0.1) is 11.8 Å². The lowest BCUT2D eigenvalue weighted by atomic mass is 10.1. The highest BCUT2D eigenvalue weighted by molar-refractivity contribution is 7.99. The summed E-state index contributed by atoms with van der Waals surface area (Å²) in [5, 5.41) is 8.32. The van der Waals surface area contributed by atoms with Crippen molar-refractivity contribution in [3.8, 4) is 0 Å². The van der Waals surface area contributed by atoms with E-state index in [4.69, 9.17) is 0 Å². The van der Waals surface area contributed by atoms with Gasteiger partial charge in [0.1, 0.15) is 5.01 Å². The van der Waals surface area contributed by atoms with E-state index in [0.29, 0.717) is 28.1 Å². The van der Waals surface area contributed by atoms with Gasteiger partial charge in [-0.05, 0) is 43.9 Å². The van der Waals surface area contributed by atoms with Crippen LogP contribution in [0.15, 0.2) is 29.1 Å². The SMILES string of the molecule is Cc1cccc(NC(=O)CSCc2cc(=O)n3nc(C4CC4)sc3n2)c1C. The number of aryl methyl sites for hydroxylation is 1. The van der Waals surface area contributed by atoms with Crippen LogP contribution in [0.3, 0.4) is 0 Å². The minimum Gasteiger partial charge on any atom is -0.325 e. The molecule has 0 bridgehead atoms. The van der Waals surface area contributed by atoms with E-state index in [0.717, 1.165) is 34.7 Å². The highest BCUT2D eigenvalue weighted by Crippen LogP contribution is 2.41. The highest BCUT2D eigenvalue weighted by atomic mass is 32.2. The molecule has 0 atom stereocenters. The van der Waals surface area contributed by atoms with E-state index < -0.39 is 0 Å². The molecule has 1 aliphatic carbocycles. The number of aromatic nitrogens is 3. The fourth-order valence-electron chi connectivity index (χ4n) is 2.76. The molecule has 140 valence electrons. The number of hydrogen-bond donors (Lipinski definition) is 1. The van der Waals surface area contributed by atoms with E-state index in [1.165, 1.54) is 33.7 Å². The van der Waals surface area contributed by atoms with Crippen LogP contribution in [0.2, 0.25) is 0 Å². The fourth-order valence-corrected chi connectivity index (χ4v) is 4.57. The first-order valence-electron chi connectivity index (χ1n) is 8.85. The maximum atomic E-state index is 12.2. The number of hydrogen-bond acceptors (Lipinski definition) is 6. The predicted molar refractivity (Wildman–Crippen MR) is 110 cm³/mol. The van der Waals surface area contributed by atoms with Crippen molar-refractivity contribution >= 4 is 39.7 Å². The van der Waals surface area contributed by atoms with Crippen LogP contribution < -0.4 is 10.9 Å². The molecule has 0 unspecified atom stereocenters. The van der Waals surface area contributed by atoms with Crippen LogP contribution in [0.25, 0.3) is 4.96 Å². The van der Waals surface area contributed by atoms with Gasteiger partial charge < -0.3 is 5.32 Å². The van der Waals surface area contributed by atoms with Crippen LogP contribution in [0, 0.1) is 13.8 Å². The van der Waals surface area contributed by atoms with Crippen LogP contribution in [-0.4, -0.2) is 26.3 Å². The number of benzene rings is 1. The molecule has 0 radical (unpaired) electrons. The fraction of sp³-hybridized carbons (Fsp3) is 0.368. The van der Waals surface area contributed by atoms with Gasteiger partial charge in [0.2, 0.25) is 10.9 Å². The Morgan fingerprint density at radius 1 is 1.37 bits per heavy atom. The summed E-state index contributed by atoms with van der Waals surface area (Å²) in [4.78, 5) is 29.6. The first-order chi connectivity index (χ1) is 13.0. The molecule has 2 heterocycles. The summed E-state index contributed by atoms with van der Waals surface area (Å²) in [6.45, 7) is 4.02. The van der Waals surface area contributed by atoms with Crippen molar-refractivity contribution in [2.24, 2.45) is 0 Å². The molecule has 8 heteroatoms. The van der Waals surface area contributed by atoms with Gasteiger partial charge in [0.25, 0.3) is 5.56 Å². The van der Waals surface area contributed by atoms with Gasteiger partial charge in [0.15, 0.2) is 0 Å². The molecule has 3 aromatic rings. The normalized spacial score (nSPS) is 13.9. The van der Waals surface area contributed by atoms with Crippen molar-refractivity contribution in [1.29, 1.82) is 0 Å². The molecule has 1 aromatic carbocycles. The summed E-state index contributed by atoms with van der Waals surface area (Å²) < 4.78 is 1.39. The zero-order chi connectivity index (χ0) is 19.0. The summed E-state index contributed by atoms with van der Waals surface area (Å²) in [7, 11) is 0. The number of rotatable bonds is 6. The summed E-state index contributed by atoms with van der Waals surface area (Å²) in [6, 6.07) is 7.37. The van der Waals surface area contributed by atoms with Gasteiger partial charge in [0, 0.05) is 23.4 Å². The lowest BCUT2D eigenvalue weighted by Gasteiger charge is -2.10. The molecule has 0 aliphatic heterocycles. The molecule has 1 saturated carbocycles. The third-order valence-corrected chi connectivity index (χ3v) is 6.64. The predicted octanol–water partition coefficient (Wildman–Crippen LogP) is 3.52. The molecule has 4 rings (SSSR count). The second-order valence-electron chi connectivity index (χ2n) is 6.78. The van der Waals surface area contributed by atoms with Crippen LogP contribution in [0.5, 0.6) is 0 Å². The maximum Gasteiger partial charge on any atom is 0.275 e. The van der Waals surface area contributed by atoms with E-state index in [1.807, 2.05) is 32.0 Å². The minimum atomic E-state index is -0.154. The Bertz CT molecular complexity index is 1070. The molecule has 1 aliphatic rings. The zero-order valence-corrected chi connectivity index (χ0v) is 16.8. The molecule has 1 fully saturated rings. The summed E-state index contributed by atoms with van der Waals surface area (Å²) >= 11 is 2.94. The van der Waals surface area contributed by atoms with Gasteiger partial charge in [0.05, 0.1) is 11.4 Å². The Balaban J connectivity index is 1.37. The molecule has 0 spiro atoms. The largest absolute Gasteiger partial charge is 0.325 e. The molecule has 1 N–H and O–H groups in total. The van der Waals surface area contributed by atoms with Crippen molar-refractivity contribution in [1.82, 2.24) is 14.6 Å². The van der Waals surface area contributed by atoms with E-state index >= 15 is 0 Å². The third kappa shape index (κ3) is 4.06. The van der Waals surface area contributed by atoms with Gasteiger partial charge in [-0.3, -0.25) is 9.59 Å². The molecular formula is C19H20N4O2S2. The second kappa shape index (κ2) is 7.44. The Labute approximate surface area is 165 Å². The van der Waals surface area contributed by atoms with Crippen LogP contribution >= 0.6 is 23.1 Å². The average molecular weight is 401 g/mol. The third-order valence-electron chi connectivity index (χ3n) is 4.60. The number of nitrogens with zero attached hydrogens (tertiary/aromatic N) is 3. The van der Waals surface area contributed by atoms with E-state index in [9.17, 15) is 9.59 Å². The second-order valence-corrected chi connectivity index (χ2v) is 8.76. The van der Waals surface area contributed by atoms with Crippen molar-refractivity contribution < 1.29 is 4.79 Å². The van der Waals surface area contributed by atoms with Crippen molar-refractivity contribution in [2.75, 3.05) is 11.1 Å². The lowest BCUT2D eigenvalue weighted by Crippen LogP contribution is -2.17. The average Bonchev–Trinajstić information content (AvgIpc) is 3.39. The Morgan fingerprint density at radius 3 is 2.96 bits per heavy atom. The highest BCUT2D eigenvalue weighted by Gasteiger charge is 2.28. The quantitative estimate of drug-likeness (QED) is 0.685. The van der Waals surface area contributed by atoms with Crippen LogP contribution in [-0.2, 0) is 10.5 Å². The maximum absolute atomic E-state index is 12.2. The number of fused-ring (bicyclic) bond motifs is 1. The molecule has 1 amide bonds. The monoisotopic (exact) mass is 400 g/mol. The number of anilines is 1. The van der Waals surface area contributed by atoms with Gasteiger partial charge in [-0.1, -0.05) is 23.5 Å². The van der Waals surface area contributed by atoms with Crippen LogP contribution in [0.4, 0.5) is 5.69 Å². The van der Waals surface area contributed by atoms with E-state index in [2.05, 4.69) is 15.4 Å². The molecule has 2 aromatic heterocycles. The molecular weight excluding hydrogens is 380 g/mol. The Kier molecular flexibility index (Phi) is 5.01. The first-order valence-corrected chi connectivity index (χ1v) is 10.8. The molecule has 6 nitrogen and oxygen atoms in total. The number of carbonyl (C=O) groups is 1. The van der Waals surface area contributed by atoms with Crippen LogP contribution in [0.1, 0.15) is 40.6 Å². The molecule has 0 saturated heterocycles. The van der Waals surface area contributed by atoms with Crippen molar-refractivity contribution in [3.63, 3.8) is 0 Å². The standard InChI is InChI=1S/C19H20N4O2S2/c1-11-4-3-5-15(12(11)2)21-16(24)10-26-9-14-8-17(25)23-19(20-14)27-18(22-23)13-6-7-13/h3-5,8,13H,6-7,9-10H2,1-2H3,(H,21,24). The van der Waals surface area contributed by atoms with E-state index in [-0.39, 0.29) is 11.5 Å². The van der Waals surface area contributed by atoms with E-state index in [1.54, 1.807) is 0 Å². The van der Waals surface area contributed by atoms with Gasteiger partial charge >= 0.3 is 0 Å². The summed E-state index contributed by atoms with van der Waals surface area (Å²) in [5.74, 6) is 1.27. The topological polar surface area (TPSA) is 76.4 Å². The summed E-state index contributed by atoms with van der Waals surface area (Å²) in [6.07, 6.45) is 2.29. The molecule has 27 heavy (non-hydrogen) atoms. The Morgan fingerprint density at radius 2 is 2.19 bits per heavy atom. The Hall–Kier alpha value is -2.19. The van der Waals surface area contributed by atoms with Gasteiger partial charge in [-0.25, -0.2) is 4.98 Å². The first kappa shape index (κ1) is 18.2. The minimum absolute atomic E-state index is 0.0553. The lowest BCUT2D eigenvalue weighted by molar-refractivity contribution is -0.113. The number of amides is 1. The van der Waals surface area contributed by atoms with Crippen molar-refractivity contribution in [2.45, 2.75) is 38.4 Å². The van der Waals surface area contributed by atoms with Gasteiger partial charge in [-0.2, -0.15) is 9.61 Å². The number of nitrogens with one attached hydrogen (secondary N) is 1. The zero-order valence-electron chi connectivity index (χ0n) is 15.2. The van der Waals surface area contributed by atoms with Crippen molar-refractivity contribution in [3.05, 3.63) is 56.4 Å². The summed E-state index contributed by atoms with van der Waals surface area (Å²) in [5.41, 5.74) is 3.60. The number of carbonyl (C=O) groups excluding carboxylic acids is 1. The smallest absolute Gasteiger partial charge is 0.275 e. The number of thioether (sulfide) groups is 1.